The van der Waals surface area contributed by atoms with Crippen molar-refractivity contribution in [2.24, 2.45) is 0 Å². The Kier molecular flexibility index (Phi) is 7.63. The highest BCUT2D eigenvalue weighted by molar-refractivity contribution is 5.89. The molecule has 0 bridgehead atoms. The summed E-state index contributed by atoms with van der Waals surface area (Å²) in [5.74, 6) is 0.0890. The van der Waals surface area contributed by atoms with Gasteiger partial charge >= 0.3 is 5.97 Å². The Hall–Kier alpha value is -2.53. The van der Waals surface area contributed by atoms with E-state index in [-0.39, 0.29) is 19.0 Å². The van der Waals surface area contributed by atoms with Gasteiger partial charge in [-0.1, -0.05) is 18.2 Å². The van der Waals surface area contributed by atoms with E-state index in [0.717, 1.165) is 5.57 Å². The predicted molar refractivity (Wildman–Crippen MR) is 88.1 cm³/mol. The lowest BCUT2D eigenvalue weighted by molar-refractivity contribution is 0.00397. The van der Waals surface area contributed by atoms with E-state index in [2.05, 4.69) is 6.58 Å². The Morgan fingerprint density at radius 3 is 2.39 bits per heavy atom. The molecule has 1 aromatic carbocycles. The van der Waals surface area contributed by atoms with Crippen LogP contribution in [0.1, 0.15) is 24.2 Å². The van der Waals surface area contributed by atoms with Crippen LogP contribution in [-0.2, 0) is 9.47 Å². The number of phenols is 1. The zero-order chi connectivity index (χ0) is 17.2. The van der Waals surface area contributed by atoms with Crippen molar-refractivity contribution in [3.05, 3.63) is 66.0 Å². The lowest BCUT2D eigenvalue weighted by Crippen LogP contribution is -2.23. The van der Waals surface area contributed by atoms with E-state index >= 15 is 0 Å². The number of aliphatic hydroxyl groups excluding tert-OH is 1. The minimum absolute atomic E-state index is 0.00304. The Bertz CT molecular complexity index is 584. The monoisotopic (exact) mass is 318 g/mol. The van der Waals surface area contributed by atoms with Gasteiger partial charge in [0.05, 0.1) is 5.56 Å². The van der Waals surface area contributed by atoms with Crippen LogP contribution in [0.5, 0.6) is 5.75 Å². The average Bonchev–Trinajstić information content (AvgIpc) is 2.53. The molecule has 5 heteroatoms. The largest absolute Gasteiger partial charge is 0.508 e. The molecule has 23 heavy (non-hydrogen) atoms. The van der Waals surface area contributed by atoms with Crippen molar-refractivity contribution in [3.63, 3.8) is 0 Å². The van der Waals surface area contributed by atoms with Crippen LogP contribution in [0.3, 0.4) is 0 Å². The van der Waals surface area contributed by atoms with Gasteiger partial charge in [-0.25, -0.2) is 4.79 Å². The molecule has 0 aliphatic heterocycles. The molecule has 0 saturated heterocycles. The number of hydrogen-bond acceptors (Lipinski definition) is 5. The molecule has 1 rings (SSSR count). The third kappa shape index (κ3) is 7.33. The minimum Gasteiger partial charge on any atom is -0.508 e. The summed E-state index contributed by atoms with van der Waals surface area (Å²) in [6.45, 7) is 7.25. The molecule has 1 atom stereocenters. The lowest BCUT2D eigenvalue weighted by Gasteiger charge is -2.13. The highest BCUT2D eigenvalue weighted by Crippen LogP contribution is 2.11. The Morgan fingerprint density at radius 2 is 1.83 bits per heavy atom. The summed E-state index contributed by atoms with van der Waals surface area (Å²) in [6, 6.07) is 5.67. The Labute approximate surface area is 136 Å². The summed E-state index contributed by atoms with van der Waals surface area (Å²) in [4.78, 5) is 11.7. The molecule has 5 nitrogen and oxygen atoms in total. The van der Waals surface area contributed by atoms with Gasteiger partial charge < -0.3 is 19.7 Å². The van der Waals surface area contributed by atoms with Gasteiger partial charge in [-0.05, 0) is 50.3 Å². The van der Waals surface area contributed by atoms with Gasteiger partial charge in [0.15, 0.2) is 0 Å². The molecule has 0 heterocycles. The smallest absolute Gasteiger partial charge is 0.338 e. The number of aliphatic hydroxyl groups is 1. The molecule has 2 N–H and O–H groups in total. The van der Waals surface area contributed by atoms with Crippen LogP contribution >= 0.6 is 0 Å². The highest BCUT2D eigenvalue weighted by atomic mass is 16.5. The highest BCUT2D eigenvalue weighted by Gasteiger charge is 2.11. The maximum absolute atomic E-state index is 11.7. The second kappa shape index (κ2) is 9.48. The summed E-state index contributed by atoms with van der Waals surface area (Å²) in [6.07, 6.45) is 4.36. The quantitative estimate of drug-likeness (QED) is 0.438. The fraction of sp³-hybridized carbons (Fsp3) is 0.278. The number of rotatable bonds is 8. The third-order valence-electron chi connectivity index (χ3n) is 2.77. The number of aromatic hydroxyl groups is 1. The average molecular weight is 318 g/mol. The van der Waals surface area contributed by atoms with Crippen LogP contribution in [-0.4, -0.2) is 35.5 Å². The third-order valence-corrected chi connectivity index (χ3v) is 2.77. The van der Waals surface area contributed by atoms with Gasteiger partial charge in [0.1, 0.15) is 30.8 Å². The van der Waals surface area contributed by atoms with Crippen molar-refractivity contribution < 1.29 is 24.5 Å². The maximum atomic E-state index is 11.7. The Balaban J connectivity index is 2.39. The number of phenolic OH excluding ortho intramolecular Hbond substituents is 1. The molecular weight excluding hydrogens is 296 g/mol. The first kappa shape index (κ1) is 18.5. The molecule has 0 fully saturated rings. The molecule has 1 unspecified atom stereocenters. The number of carbonyl (C=O) groups is 1. The molecule has 1 aromatic rings. The van der Waals surface area contributed by atoms with E-state index in [1.165, 1.54) is 24.3 Å². The first-order chi connectivity index (χ1) is 10.9. The standard InChI is InChI=1S/C18H22O5/c1-4-17(10-5-13(2)3)22-11-16(20)12-23-18(21)14-6-8-15(19)9-7-14/h4-10,16,19-20H,2,11-12H2,1,3H3/b10-5-,17-4+. The summed E-state index contributed by atoms with van der Waals surface area (Å²) < 4.78 is 10.4. The number of hydrogen-bond donors (Lipinski definition) is 2. The van der Waals surface area contributed by atoms with Gasteiger partial charge in [0.25, 0.3) is 0 Å². The molecule has 0 aliphatic rings. The van der Waals surface area contributed by atoms with Gasteiger partial charge in [-0.3, -0.25) is 0 Å². The molecule has 0 radical (unpaired) electrons. The summed E-state index contributed by atoms with van der Waals surface area (Å²) in [5, 5.41) is 19.0. The molecule has 0 aliphatic carbocycles. The number of esters is 1. The van der Waals surface area contributed by atoms with Crippen LogP contribution < -0.4 is 0 Å². The maximum Gasteiger partial charge on any atom is 0.338 e. The second-order valence-electron chi connectivity index (χ2n) is 4.98. The van der Waals surface area contributed by atoms with E-state index in [1.807, 2.05) is 13.8 Å². The van der Waals surface area contributed by atoms with Crippen molar-refractivity contribution >= 4 is 5.97 Å². The zero-order valence-corrected chi connectivity index (χ0v) is 13.4. The first-order valence-electron chi connectivity index (χ1n) is 7.19. The van der Waals surface area contributed by atoms with E-state index in [1.54, 1.807) is 18.2 Å². The summed E-state index contributed by atoms with van der Waals surface area (Å²) in [7, 11) is 0. The molecule has 0 spiro atoms. The van der Waals surface area contributed by atoms with Gasteiger partial charge in [-0.15, -0.1) is 0 Å². The molecular formula is C18H22O5. The molecule has 124 valence electrons. The van der Waals surface area contributed by atoms with E-state index in [0.29, 0.717) is 11.3 Å². The van der Waals surface area contributed by atoms with Crippen molar-refractivity contribution in [1.29, 1.82) is 0 Å². The van der Waals surface area contributed by atoms with E-state index in [4.69, 9.17) is 14.6 Å². The second-order valence-corrected chi connectivity index (χ2v) is 4.98. The number of benzene rings is 1. The molecule has 0 amide bonds. The summed E-state index contributed by atoms with van der Waals surface area (Å²) in [5.41, 5.74) is 1.19. The SMILES string of the molecule is C=C(C)/C=C\C(=C/C)OCC(O)COC(=O)c1ccc(O)cc1. The van der Waals surface area contributed by atoms with Crippen LogP contribution in [0, 0.1) is 0 Å². The fourth-order valence-corrected chi connectivity index (χ4v) is 1.55. The minimum atomic E-state index is -0.941. The molecule has 0 saturated carbocycles. The number of carbonyl (C=O) groups excluding carboxylic acids is 1. The van der Waals surface area contributed by atoms with Crippen molar-refractivity contribution in [1.82, 2.24) is 0 Å². The number of allylic oxidation sites excluding steroid dienone is 4. The van der Waals surface area contributed by atoms with Gasteiger partial charge in [-0.2, -0.15) is 0 Å². The van der Waals surface area contributed by atoms with Crippen molar-refractivity contribution in [3.8, 4) is 5.75 Å². The van der Waals surface area contributed by atoms with Crippen LogP contribution in [0.2, 0.25) is 0 Å². The van der Waals surface area contributed by atoms with Gasteiger partial charge in [0, 0.05) is 0 Å². The van der Waals surface area contributed by atoms with E-state index < -0.39 is 12.1 Å². The lowest BCUT2D eigenvalue weighted by atomic mass is 10.2. The van der Waals surface area contributed by atoms with Crippen molar-refractivity contribution in [2.45, 2.75) is 20.0 Å². The normalized spacial score (nSPS) is 12.9. The zero-order valence-electron chi connectivity index (χ0n) is 13.4. The van der Waals surface area contributed by atoms with Gasteiger partial charge in [0.2, 0.25) is 0 Å². The fourth-order valence-electron chi connectivity index (χ4n) is 1.55. The van der Waals surface area contributed by atoms with Crippen LogP contribution in [0.4, 0.5) is 0 Å². The molecule has 0 aromatic heterocycles. The van der Waals surface area contributed by atoms with Crippen LogP contribution in [0.15, 0.2) is 60.4 Å². The number of ether oxygens (including phenoxy) is 2. The predicted octanol–water partition coefficient (Wildman–Crippen LogP) is 2.96. The topological polar surface area (TPSA) is 76.0 Å². The summed E-state index contributed by atoms with van der Waals surface area (Å²) >= 11 is 0. The Morgan fingerprint density at radius 1 is 1.22 bits per heavy atom. The first-order valence-corrected chi connectivity index (χ1v) is 7.19. The van der Waals surface area contributed by atoms with Crippen molar-refractivity contribution in [2.75, 3.05) is 13.2 Å². The van der Waals surface area contributed by atoms with Crippen LogP contribution in [0.25, 0.3) is 0 Å². The van der Waals surface area contributed by atoms with E-state index in [9.17, 15) is 9.90 Å².